The SMILES string of the molecule is C=C/C=c1/c2c(c(=O)oc1=C)C(c1ccc([N+](=O)[O-])cc1)c1c(ccc3ccccc13)O2. The molecule has 0 saturated heterocycles. The summed E-state index contributed by atoms with van der Waals surface area (Å²) in [5, 5.41) is 13.6. The Balaban J connectivity index is 1.91. The molecule has 1 aliphatic heterocycles. The van der Waals surface area contributed by atoms with Gasteiger partial charge < -0.3 is 9.15 Å². The van der Waals surface area contributed by atoms with Crippen LogP contribution < -0.4 is 21.0 Å². The number of non-ortho nitro benzene ring substituents is 1. The Hall–Kier alpha value is -4.45. The minimum absolute atomic E-state index is 0.0278. The molecule has 1 aromatic heterocycles. The molecule has 0 spiro atoms. The molecule has 32 heavy (non-hydrogen) atoms. The van der Waals surface area contributed by atoms with Crippen molar-refractivity contribution in [2.24, 2.45) is 0 Å². The summed E-state index contributed by atoms with van der Waals surface area (Å²) in [7, 11) is 0. The van der Waals surface area contributed by atoms with E-state index in [1.807, 2.05) is 36.4 Å². The van der Waals surface area contributed by atoms with Crippen LogP contribution in [0.25, 0.3) is 23.4 Å². The van der Waals surface area contributed by atoms with Gasteiger partial charge in [-0.25, -0.2) is 4.79 Å². The van der Waals surface area contributed by atoms with Gasteiger partial charge in [0.1, 0.15) is 16.9 Å². The molecule has 3 aromatic carbocycles. The molecule has 1 unspecified atom stereocenters. The molecule has 5 rings (SSSR count). The van der Waals surface area contributed by atoms with Gasteiger partial charge >= 0.3 is 5.63 Å². The Labute approximate surface area is 182 Å². The van der Waals surface area contributed by atoms with Crippen LogP contribution in [0.1, 0.15) is 22.6 Å². The van der Waals surface area contributed by atoms with Crippen LogP contribution in [0.3, 0.4) is 0 Å². The summed E-state index contributed by atoms with van der Waals surface area (Å²) in [6, 6.07) is 17.8. The molecule has 0 fully saturated rings. The monoisotopic (exact) mass is 423 g/mol. The van der Waals surface area contributed by atoms with Crippen LogP contribution in [0.4, 0.5) is 5.69 Å². The van der Waals surface area contributed by atoms with Crippen LogP contribution in [0.15, 0.2) is 82.5 Å². The van der Waals surface area contributed by atoms with Gasteiger partial charge in [-0.15, -0.1) is 0 Å². The number of allylic oxidation sites excluding steroid dienone is 1. The summed E-state index contributed by atoms with van der Waals surface area (Å²) in [5.74, 6) is 0.412. The molecule has 0 aliphatic carbocycles. The number of rotatable bonds is 3. The predicted octanol–water partition coefficient (Wildman–Crippen LogP) is 4.36. The zero-order chi connectivity index (χ0) is 22.4. The summed E-state index contributed by atoms with van der Waals surface area (Å²) in [6.45, 7) is 7.58. The lowest BCUT2D eigenvalue weighted by molar-refractivity contribution is -0.384. The van der Waals surface area contributed by atoms with E-state index >= 15 is 0 Å². The minimum Gasteiger partial charge on any atom is -0.456 e. The molecule has 2 heterocycles. The summed E-state index contributed by atoms with van der Waals surface area (Å²) < 4.78 is 11.7. The van der Waals surface area contributed by atoms with Gasteiger partial charge in [0.25, 0.3) is 5.69 Å². The van der Waals surface area contributed by atoms with Crippen molar-refractivity contribution < 1.29 is 14.1 Å². The Morgan fingerprint density at radius 1 is 1.00 bits per heavy atom. The second-order valence-electron chi connectivity index (χ2n) is 7.45. The van der Waals surface area contributed by atoms with Crippen molar-refractivity contribution in [3.63, 3.8) is 0 Å². The molecule has 0 saturated carbocycles. The third-order valence-electron chi connectivity index (χ3n) is 5.67. The number of nitro groups is 1. The maximum absolute atomic E-state index is 13.1. The van der Waals surface area contributed by atoms with E-state index in [2.05, 4.69) is 13.2 Å². The van der Waals surface area contributed by atoms with E-state index in [1.54, 1.807) is 24.3 Å². The van der Waals surface area contributed by atoms with Crippen LogP contribution in [-0.4, -0.2) is 4.92 Å². The van der Waals surface area contributed by atoms with Crippen LogP contribution in [0, 0.1) is 10.1 Å². The number of fused-ring (bicyclic) bond motifs is 4. The van der Waals surface area contributed by atoms with Crippen molar-refractivity contribution in [3.05, 3.63) is 121 Å². The van der Waals surface area contributed by atoms with Crippen molar-refractivity contribution >= 4 is 29.1 Å². The second kappa shape index (κ2) is 7.35. The van der Waals surface area contributed by atoms with Gasteiger partial charge in [0.15, 0.2) is 0 Å². The molecule has 1 atom stereocenters. The lowest BCUT2D eigenvalue weighted by Gasteiger charge is -2.29. The minimum atomic E-state index is -0.562. The molecule has 6 nitrogen and oxygen atoms in total. The van der Waals surface area contributed by atoms with E-state index in [1.165, 1.54) is 12.1 Å². The average Bonchev–Trinajstić information content (AvgIpc) is 2.80. The highest BCUT2D eigenvalue weighted by Crippen LogP contribution is 2.47. The van der Waals surface area contributed by atoms with Gasteiger partial charge in [-0.3, -0.25) is 10.1 Å². The number of benzene rings is 3. The molecule has 0 radical (unpaired) electrons. The first kappa shape index (κ1) is 19.5. The zero-order valence-corrected chi connectivity index (χ0v) is 16.9. The molecular weight excluding hydrogens is 406 g/mol. The Bertz CT molecular complexity index is 1580. The van der Waals surface area contributed by atoms with E-state index in [0.29, 0.717) is 27.8 Å². The number of nitro benzene ring substituents is 1. The fourth-order valence-corrected chi connectivity index (χ4v) is 4.27. The van der Waals surface area contributed by atoms with Crippen molar-refractivity contribution in [2.75, 3.05) is 0 Å². The molecule has 0 N–H and O–H groups in total. The molecule has 0 bridgehead atoms. The Kier molecular flexibility index (Phi) is 4.48. The van der Waals surface area contributed by atoms with E-state index < -0.39 is 16.5 Å². The number of hydrogen-bond acceptors (Lipinski definition) is 5. The van der Waals surface area contributed by atoms with Crippen LogP contribution in [0.2, 0.25) is 0 Å². The smallest absolute Gasteiger partial charge is 0.344 e. The first-order chi connectivity index (χ1) is 15.5. The lowest BCUT2D eigenvalue weighted by Crippen LogP contribution is -2.35. The largest absolute Gasteiger partial charge is 0.456 e. The number of hydrogen-bond donors (Lipinski definition) is 0. The van der Waals surface area contributed by atoms with Crippen molar-refractivity contribution in [2.45, 2.75) is 5.92 Å². The fraction of sp³-hybridized carbons (Fsp3) is 0.0385. The zero-order valence-electron chi connectivity index (χ0n) is 16.9. The van der Waals surface area contributed by atoms with Gasteiger partial charge in [0.05, 0.1) is 15.7 Å². The van der Waals surface area contributed by atoms with Crippen molar-refractivity contribution in [3.8, 4) is 11.5 Å². The molecule has 6 heteroatoms. The molecule has 0 amide bonds. The van der Waals surface area contributed by atoms with Gasteiger partial charge in [0, 0.05) is 23.6 Å². The van der Waals surface area contributed by atoms with E-state index in [0.717, 1.165) is 16.3 Å². The summed E-state index contributed by atoms with van der Waals surface area (Å²) in [6.07, 6.45) is 3.26. The topological polar surface area (TPSA) is 82.6 Å². The quantitative estimate of drug-likeness (QED) is 0.318. The standard InChI is InChI=1S/C26H17NO5/c1-3-6-19-15(2)31-26(28)24-22(17-9-12-18(13-10-17)27(29)30)23-20-8-5-4-7-16(20)11-14-21(23)32-25(19)24/h3-14,22H,1-2H2/b19-6+. The van der Waals surface area contributed by atoms with Crippen LogP contribution in [0.5, 0.6) is 11.5 Å². The summed E-state index contributed by atoms with van der Waals surface area (Å²) in [4.78, 5) is 23.8. The van der Waals surface area contributed by atoms with Gasteiger partial charge in [-0.2, -0.15) is 0 Å². The molecule has 156 valence electrons. The molecule has 1 aliphatic rings. The maximum atomic E-state index is 13.1. The fourth-order valence-electron chi connectivity index (χ4n) is 4.27. The highest BCUT2D eigenvalue weighted by Gasteiger charge is 2.34. The lowest BCUT2D eigenvalue weighted by atomic mass is 9.81. The number of nitrogens with zero attached hydrogens (tertiary/aromatic N) is 1. The first-order valence-corrected chi connectivity index (χ1v) is 9.92. The third-order valence-corrected chi connectivity index (χ3v) is 5.67. The molecular formula is C26H17NO5. The Morgan fingerprint density at radius 3 is 2.47 bits per heavy atom. The van der Waals surface area contributed by atoms with Crippen LogP contribution >= 0.6 is 0 Å². The predicted molar refractivity (Wildman–Crippen MR) is 122 cm³/mol. The van der Waals surface area contributed by atoms with Gasteiger partial charge in [-0.1, -0.05) is 61.7 Å². The van der Waals surface area contributed by atoms with E-state index in [4.69, 9.17) is 9.15 Å². The number of ether oxygens (including phenoxy) is 1. The average molecular weight is 423 g/mol. The second-order valence-corrected chi connectivity index (χ2v) is 7.45. The summed E-state index contributed by atoms with van der Waals surface area (Å²) in [5.41, 5.74) is 1.43. The van der Waals surface area contributed by atoms with E-state index in [9.17, 15) is 14.9 Å². The highest BCUT2D eigenvalue weighted by molar-refractivity contribution is 5.90. The Morgan fingerprint density at radius 2 is 1.75 bits per heavy atom. The van der Waals surface area contributed by atoms with Gasteiger partial charge in [-0.05, 0) is 28.5 Å². The van der Waals surface area contributed by atoms with Gasteiger partial charge in [0.2, 0.25) is 0 Å². The molecule has 4 aromatic rings. The summed E-state index contributed by atoms with van der Waals surface area (Å²) >= 11 is 0. The maximum Gasteiger partial charge on any atom is 0.344 e. The third kappa shape index (κ3) is 2.93. The van der Waals surface area contributed by atoms with Crippen molar-refractivity contribution in [1.82, 2.24) is 0 Å². The first-order valence-electron chi connectivity index (χ1n) is 9.92. The normalized spacial score (nSPS) is 15.0. The van der Waals surface area contributed by atoms with E-state index in [-0.39, 0.29) is 11.1 Å². The van der Waals surface area contributed by atoms with Crippen LogP contribution in [-0.2, 0) is 0 Å². The highest BCUT2D eigenvalue weighted by atomic mass is 16.6. The van der Waals surface area contributed by atoms with Crippen molar-refractivity contribution in [1.29, 1.82) is 0 Å².